The zero-order valence-corrected chi connectivity index (χ0v) is 11.6. The van der Waals surface area contributed by atoms with Crippen LogP contribution in [0.3, 0.4) is 0 Å². The van der Waals surface area contributed by atoms with Gasteiger partial charge in [0.05, 0.1) is 6.26 Å². The molecule has 8 heteroatoms. The Bertz CT molecular complexity index is 658. The molecule has 1 aromatic rings. The lowest BCUT2D eigenvalue weighted by Gasteiger charge is -2.27. The molecule has 4 rings (SSSR count). The minimum Gasteiger partial charge on any atom is -0.446 e. The Morgan fingerprint density at radius 1 is 1.29 bits per heavy atom. The number of unbranched alkanes of at least 4 members (excludes halogenated alkanes) is 1. The van der Waals surface area contributed by atoms with Gasteiger partial charge in [0.15, 0.2) is 5.82 Å². The molecule has 0 spiro atoms. The van der Waals surface area contributed by atoms with Crippen molar-refractivity contribution in [3.05, 3.63) is 29.9 Å². The Hall–Kier alpha value is -2.77. The molecule has 3 aliphatic rings. The zero-order valence-electron chi connectivity index (χ0n) is 11.6. The van der Waals surface area contributed by atoms with Gasteiger partial charge >= 0.3 is 0 Å². The lowest BCUT2D eigenvalue weighted by atomic mass is 10.3. The van der Waals surface area contributed by atoms with E-state index >= 15 is 0 Å². The van der Waals surface area contributed by atoms with Gasteiger partial charge in [0.2, 0.25) is 11.7 Å². The van der Waals surface area contributed by atoms with Crippen molar-refractivity contribution in [2.45, 2.75) is 19.8 Å². The van der Waals surface area contributed by atoms with Crippen molar-refractivity contribution in [2.24, 2.45) is 15.1 Å². The van der Waals surface area contributed by atoms with E-state index in [2.05, 4.69) is 27.4 Å². The van der Waals surface area contributed by atoms with Crippen LogP contribution in [0.15, 0.2) is 49.4 Å². The van der Waals surface area contributed by atoms with Gasteiger partial charge < -0.3 is 4.42 Å². The van der Waals surface area contributed by atoms with Crippen LogP contribution in [0.4, 0.5) is 5.88 Å². The standard InChI is InChI=1S/C13H15N7O/c1-2-3-6-18-8-15-13-11-12(14-9-19(13)18)17-20(16-11)10-5-4-7-21-10/h4-5,7-9,16H,2-3,6H2,1H3. The van der Waals surface area contributed by atoms with Gasteiger partial charge in [-0.2, -0.15) is 0 Å². The van der Waals surface area contributed by atoms with Crippen LogP contribution in [0.5, 0.6) is 0 Å². The Morgan fingerprint density at radius 3 is 3.05 bits per heavy atom. The van der Waals surface area contributed by atoms with Gasteiger partial charge in [-0.15, -0.1) is 10.2 Å². The van der Waals surface area contributed by atoms with Crippen molar-refractivity contribution >= 4 is 24.4 Å². The molecule has 0 radical (unpaired) electrons. The molecule has 108 valence electrons. The molecule has 1 N–H and O–H groups in total. The maximum atomic E-state index is 5.33. The molecular formula is C13H15N7O. The van der Waals surface area contributed by atoms with E-state index in [4.69, 9.17) is 4.42 Å². The molecule has 1 aromatic heterocycles. The minimum absolute atomic E-state index is 0.604. The second kappa shape index (κ2) is 4.65. The van der Waals surface area contributed by atoms with Crippen LogP contribution in [-0.2, 0) is 0 Å². The molecular weight excluding hydrogens is 270 g/mol. The van der Waals surface area contributed by atoms with E-state index in [-0.39, 0.29) is 0 Å². The van der Waals surface area contributed by atoms with Crippen LogP contribution >= 0.6 is 0 Å². The van der Waals surface area contributed by atoms with Crippen LogP contribution < -0.4 is 10.5 Å². The summed E-state index contributed by atoms with van der Waals surface area (Å²) in [6.07, 6.45) is 7.41. The van der Waals surface area contributed by atoms with E-state index in [0.29, 0.717) is 11.7 Å². The van der Waals surface area contributed by atoms with Crippen molar-refractivity contribution in [1.29, 1.82) is 0 Å². The van der Waals surface area contributed by atoms with E-state index in [1.807, 2.05) is 28.5 Å². The maximum absolute atomic E-state index is 5.33. The molecule has 0 saturated heterocycles. The molecule has 0 aromatic carbocycles. The fraction of sp³-hybridized carbons (Fsp3) is 0.308. The van der Waals surface area contributed by atoms with Crippen LogP contribution in [-0.4, -0.2) is 35.1 Å². The largest absolute Gasteiger partial charge is 0.446 e. The van der Waals surface area contributed by atoms with E-state index in [1.165, 1.54) is 0 Å². The summed E-state index contributed by atoms with van der Waals surface area (Å²) < 4.78 is 5.33. The second-order valence-corrected chi connectivity index (χ2v) is 4.85. The van der Waals surface area contributed by atoms with Gasteiger partial charge in [0.1, 0.15) is 18.4 Å². The van der Waals surface area contributed by atoms with Crippen LogP contribution in [0.2, 0.25) is 0 Å². The normalized spacial score (nSPS) is 19.1. The molecule has 4 heterocycles. The highest BCUT2D eigenvalue weighted by Crippen LogP contribution is 2.27. The van der Waals surface area contributed by atoms with Gasteiger partial charge in [-0.05, 0) is 12.5 Å². The summed E-state index contributed by atoms with van der Waals surface area (Å²) >= 11 is 0. The summed E-state index contributed by atoms with van der Waals surface area (Å²) in [5.41, 5.74) is 3.94. The van der Waals surface area contributed by atoms with Crippen molar-refractivity contribution in [3.63, 3.8) is 0 Å². The first kappa shape index (κ1) is 12.0. The number of hydrogen-bond donors (Lipinski definition) is 1. The van der Waals surface area contributed by atoms with Crippen LogP contribution in [0.1, 0.15) is 19.8 Å². The van der Waals surface area contributed by atoms with Crippen LogP contribution in [0, 0.1) is 0 Å². The number of amidine groups is 1. The first-order valence-corrected chi connectivity index (χ1v) is 6.94. The molecule has 8 nitrogen and oxygen atoms in total. The summed E-state index contributed by atoms with van der Waals surface area (Å²) in [7, 11) is 0. The molecule has 21 heavy (non-hydrogen) atoms. The highest BCUT2D eigenvalue weighted by atomic mass is 16.4. The summed E-state index contributed by atoms with van der Waals surface area (Å²) in [5, 5.41) is 9.91. The third-order valence-corrected chi connectivity index (χ3v) is 3.41. The van der Waals surface area contributed by atoms with Gasteiger partial charge in [-0.1, -0.05) is 13.3 Å². The lowest BCUT2D eigenvalue weighted by Crippen LogP contribution is -2.40. The highest BCUT2D eigenvalue weighted by Gasteiger charge is 2.34. The van der Waals surface area contributed by atoms with E-state index < -0.39 is 0 Å². The smallest absolute Gasteiger partial charge is 0.235 e. The number of furan rings is 1. The fourth-order valence-electron chi connectivity index (χ4n) is 2.31. The SMILES string of the molecule is CCCCN1C=NC2=C3NN(c4ccco4)N=C3N=CN21. The van der Waals surface area contributed by atoms with Gasteiger partial charge in [0, 0.05) is 12.6 Å². The predicted octanol–water partition coefficient (Wildman–Crippen LogP) is 1.49. The Kier molecular flexibility index (Phi) is 2.66. The van der Waals surface area contributed by atoms with Crippen molar-refractivity contribution in [3.8, 4) is 0 Å². The lowest BCUT2D eigenvalue weighted by molar-refractivity contribution is 0.202. The molecule has 0 amide bonds. The van der Waals surface area contributed by atoms with Gasteiger partial charge in [-0.25, -0.2) is 15.0 Å². The quantitative estimate of drug-likeness (QED) is 0.907. The number of rotatable bonds is 4. The van der Waals surface area contributed by atoms with Crippen LogP contribution in [0.25, 0.3) is 0 Å². The zero-order chi connectivity index (χ0) is 14.2. The molecule has 0 bridgehead atoms. The third-order valence-electron chi connectivity index (χ3n) is 3.41. The summed E-state index contributed by atoms with van der Waals surface area (Å²) in [6, 6.07) is 3.64. The number of nitrogens with zero attached hydrogens (tertiary/aromatic N) is 6. The average Bonchev–Trinajstić information content (AvgIpc) is 3.21. The number of nitrogens with one attached hydrogen (secondary N) is 1. The Balaban J connectivity index is 1.60. The maximum Gasteiger partial charge on any atom is 0.235 e. The first-order chi connectivity index (χ1) is 10.4. The number of anilines is 1. The predicted molar refractivity (Wildman–Crippen MR) is 79.2 cm³/mol. The molecule has 0 fully saturated rings. The number of hydrazone groups is 1. The number of hydrogen-bond acceptors (Lipinski definition) is 8. The Morgan fingerprint density at radius 2 is 2.24 bits per heavy atom. The van der Waals surface area contributed by atoms with E-state index in [1.54, 1.807) is 17.7 Å². The van der Waals surface area contributed by atoms with Gasteiger partial charge in [0.25, 0.3) is 0 Å². The summed E-state index contributed by atoms with van der Waals surface area (Å²) in [6.45, 7) is 3.08. The highest BCUT2D eigenvalue weighted by molar-refractivity contribution is 6.07. The molecule has 0 unspecified atom stereocenters. The van der Waals surface area contributed by atoms with Gasteiger partial charge in [-0.3, -0.25) is 10.4 Å². The van der Waals surface area contributed by atoms with E-state index in [0.717, 1.165) is 30.9 Å². The average molecular weight is 285 g/mol. The van der Waals surface area contributed by atoms with Crippen molar-refractivity contribution < 1.29 is 4.42 Å². The minimum atomic E-state index is 0.604. The summed E-state index contributed by atoms with van der Waals surface area (Å²) in [5.74, 6) is 2.01. The van der Waals surface area contributed by atoms with E-state index in [9.17, 15) is 0 Å². The third kappa shape index (κ3) is 1.87. The van der Waals surface area contributed by atoms with Crippen molar-refractivity contribution in [2.75, 3.05) is 11.7 Å². The second-order valence-electron chi connectivity index (χ2n) is 4.85. The fourth-order valence-corrected chi connectivity index (χ4v) is 2.31. The molecule has 0 saturated carbocycles. The topological polar surface area (TPSA) is 72.0 Å². The Labute approximate surface area is 121 Å². The monoisotopic (exact) mass is 285 g/mol. The molecule has 0 aliphatic carbocycles. The molecule has 0 atom stereocenters. The first-order valence-electron chi connectivity index (χ1n) is 6.94. The number of hydrazine groups is 2. The number of aliphatic imine (C=N–C) groups is 2. The molecule has 3 aliphatic heterocycles. The number of fused-ring (bicyclic) bond motifs is 2. The van der Waals surface area contributed by atoms with Crippen molar-refractivity contribution in [1.82, 2.24) is 15.4 Å². The summed E-state index contributed by atoms with van der Waals surface area (Å²) in [4.78, 5) is 8.84.